The van der Waals surface area contributed by atoms with Gasteiger partial charge in [0, 0.05) is 12.5 Å². The Morgan fingerprint density at radius 1 is 1.16 bits per heavy atom. The van der Waals surface area contributed by atoms with Gasteiger partial charge in [0.15, 0.2) is 0 Å². The second-order valence-corrected chi connectivity index (χ2v) is 7.05. The molecule has 4 rings (SSSR count). The summed E-state index contributed by atoms with van der Waals surface area (Å²) >= 11 is 0. The Morgan fingerprint density at radius 2 is 1.76 bits per heavy atom. The molecule has 1 saturated heterocycles. The molecular weight excluding hydrogens is 314 g/mol. The second-order valence-electron chi connectivity index (χ2n) is 7.05. The molecule has 2 aliphatic rings. The number of benzene rings is 2. The standard InChI is InChI=1S/C21H23NO3/c1-2-21(24)11-12-22(14-21)20(23)25-13-19-17-9-5-3-7-15(17)16-8-4-6-10-18(16)19/h3-10,19,24H,2,11-14H2,1H3. The van der Waals surface area contributed by atoms with E-state index in [0.717, 1.165) is 0 Å². The molecule has 1 aliphatic heterocycles. The first-order chi connectivity index (χ1) is 12.1. The largest absolute Gasteiger partial charge is 0.448 e. The number of carbonyl (C=O) groups excluding carboxylic acids is 1. The van der Waals surface area contributed by atoms with Gasteiger partial charge in [-0.25, -0.2) is 4.79 Å². The third-order valence-electron chi connectivity index (χ3n) is 5.58. The molecule has 0 spiro atoms. The lowest BCUT2D eigenvalue weighted by Crippen LogP contribution is -2.36. The molecule has 1 atom stereocenters. The highest BCUT2D eigenvalue weighted by atomic mass is 16.6. The van der Waals surface area contributed by atoms with Gasteiger partial charge < -0.3 is 14.7 Å². The number of β-amino-alcohol motifs (C(OH)–C–C–N with tert-alkyl or cyclic N) is 1. The molecule has 1 heterocycles. The van der Waals surface area contributed by atoms with Gasteiger partial charge in [-0.05, 0) is 35.1 Å². The molecule has 0 bridgehead atoms. The molecule has 2 aromatic rings. The molecule has 4 heteroatoms. The van der Waals surface area contributed by atoms with Crippen molar-refractivity contribution in [1.82, 2.24) is 4.90 Å². The van der Waals surface area contributed by atoms with E-state index in [0.29, 0.717) is 32.5 Å². The lowest BCUT2D eigenvalue weighted by molar-refractivity contribution is 0.0410. The summed E-state index contributed by atoms with van der Waals surface area (Å²) in [6.07, 6.45) is 0.944. The highest BCUT2D eigenvalue weighted by Gasteiger charge is 2.38. The number of aliphatic hydroxyl groups is 1. The summed E-state index contributed by atoms with van der Waals surface area (Å²) in [7, 11) is 0. The molecule has 130 valence electrons. The van der Waals surface area contributed by atoms with Crippen molar-refractivity contribution in [3.05, 3.63) is 59.7 Å². The van der Waals surface area contributed by atoms with Crippen molar-refractivity contribution in [2.75, 3.05) is 19.7 Å². The van der Waals surface area contributed by atoms with Crippen molar-refractivity contribution >= 4 is 6.09 Å². The monoisotopic (exact) mass is 337 g/mol. The fraction of sp³-hybridized carbons (Fsp3) is 0.381. The van der Waals surface area contributed by atoms with Crippen LogP contribution in [0.1, 0.15) is 36.8 Å². The van der Waals surface area contributed by atoms with Crippen molar-refractivity contribution in [3.63, 3.8) is 0 Å². The molecule has 0 aromatic heterocycles. The summed E-state index contributed by atoms with van der Waals surface area (Å²) in [6.45, 7) is 3.19. The Balaban J connectivity index is 1.49. The number of likely N-dealkylation sites (tertiary alicyclic amines) is 1. The molecular formula is C21H23NO3. The van der Waals surface area contributed by atoms with Crippen LogP contribution in [0.4, 0.5) is 4.79 Å². The van der Waals surface area contributed by atoms with Crippen LogP contribution < -0.4 is 0 Å². The van der Waals surface area contributed by atoms with E-state index in [2.05, 4.69) is 24.3 Å². The van der Waals surface area contributed by atoms with Gasteiger partial charge in [0.25, 0.3) is 0 Å². The molecule has 1 N–H and O–H groups in total. The topological polar surface area (TPSA) is 49.8 Å². The number of ether oxygens (including phenoxy) is 1. The van der Waals surface area contributed by atoms with E-state index >= 15 is 0 Å². The zero-order valence-corrected chi connectivity index (χ0v) is 14.4. The Kier molecular flexibility index (Phi) is 4.00. The van der Waals surface area contributed by atoms with Gasteiger partial charge in [0.05, 0.1) is 12.1 Å². The number of nitrogens with zero attached hydrogens (tertiary/aromatic N) is 1. The van der Waals surface area contributed by atoms with Gasteiger partial charge in [0.2, 0.25) is 0 Å². The van der Waals surface area contributed by atoms with Crippen LogP contribution in [0, 0.1) is 0 Å². The van der Waals surface area contributed by atoms with E-state index in [9.17, 15) is 9.90 Å². The van der Waals surface area contributed by atoms with Crippen LogP contribution in [0.3, 0.4) is 0 Å². The van der Waals surface area contributed by atoms with Gasteiger partial charge in [-0.3, -0.25) is 0 Å². The zero-order valence-electron chi connectivity index (χ0n) is 14.4. The van der Waals surface area contributed by atoms with Crippen LogP contribution in [0.5, 0.6) is 0 Å². The first kappa shape index (κ1) is 16.2. The second kappa shape index (κ2) is 6.19. The third-order valence-corrected chi connectivity index (χ3v) is 5.58. The van der Waals surface area contributed by atoms with Crippen LogP contribution in [-0.4, -0.2) is 41.4 Å². The maximum Gasteiger partial charge on any atom is 0.409 e. The van der Waals surface area contributed by atoms with Gasteiger partial charge >= 0.3 is 6.09 Å². The molecule has 0 saturated carbocycles. The van der Waals surface area contributed by atoms with Crippen molar-refractivity contribution in [2.45, 2.75) is 31.3 Å². The average Bonchev–Trinajstić information content (AvgIpc) is 3.19. The van der Waals surface area contributed by atoms with Crippen LogP contribution in [0.2, 0.25) is 0 Å². The Labute approximate surface area is 148 Å². The lowest BCUT2D eigenvalue weighted by Gasteiger charge is -2.22. The van der Waals surface area contributed by atoms with Crippen LogP contribution in [-0.2, 0) is 4.74 Å². The first-order valence-corrected chi connectivity index (χ1v) is 8.93. The van der Waals surface area contributed by atoms with E-state index in [-0.39, 0.29) is 12.0 Å². The highest BCUT2D eigenvalue weighted by Crippen LogP contribution is 2.44. The minimum absolute atomic E-state index is 0.0732. The summed E-state index contributed by atoms with van der Waals surface area (Å²) in [4.78, 5) is 14.0. The van der Waals surface area contributed by atoms with Crippen LogP contribution >= 0.6 is 0 Å². The average molecular weight is 337 g/mol. The lowest BCUT2D eigenvalue weighted by atomic mass is 9.98. The summed E-state index contributed by atoms with van der Waals surface area (Å²) < 4.78 is 5.64. The molecule has 1 aliphatic carbocycles. The normalized spacial score (nSPS) is 21.9. The van der Waals surface area contributed by atoms with E-state index < -0.39 is 5.60 Å². The van der Waals surface area contributed by atoms with E-state index in [4.69, 9.17) is 4.74 Å². The molecule has 25 heavy (non-hydrogen) atoms. The Morgan fingerprint density at radius 3 is 2.32 bits per heavy atom. The van der Waals surface area contributed by atoms with Crippen molar-refractivity contribution < 1.29 is 14.6 Å². The molecule has 1 fully saturated rings. The number of hydrogen-bond acceptors (Lipinski definition) is 3. The van der Waals surface area contributed by atoms with Gasteiger partial charge in [-0.1, -0.05) is 55.5 Å². The maximum atomic E-state index is 12.4. The van der Waals surface area contributed by atoms with Crippen molar-refractivity contribution in [1.29, 1.82) is 0 Å². The Bertz CT molecular complexity index is 758. The fourth-order valence-electron chi connectivity index (χ4n) is 3.99. The Hall–Kier alpha value is -2.33. The smallest absolute Gasteiger partial charge is 0.409 e. The van der Waals surface area contributed by atoms with E-state index in [1.165, 1.54) is 22.3 Å². The van der Waals surface area contributed by atoms with Crippen molar-refractivity contribution in [3.8, 4) is 11.1 Å². The van der Waals surface area contributed by atoms with Gasteiger partial charge in [-0.2, -0.15) is 0 Å². The minimum atomic E-state index is -0.758. The number of fused-ring (bicyclic) bond motifs is 3. The predicted octanol–water partition coefficient (Wildman–Crippen LogP) is 3.78. The summed E-state index contributed by atoms with van der Waals surface area (Å²) in [5.74, 6) is 0.0732. The fourth-order valence-corrected chi connectivity index (χ4v) is 3.99. The molecule has 1 unspecified atom stereocenters. The molecule has 2 aromatic carbocycles. The third kappa shape index (κ3) is 2.81. The van der Waals surface area contributed by atoms with E-state index in [1.807, 2.05) is 31.2 Å². The maximum absolute atomic E-state index is 12.4. The SMILES string of the molecule is CCC1(O)CCN(C(=O)OCC2c3ccccc3-c3ccccc32)C1. The minimum Gasteiger partial charge on any atom is -0.448 e. The van der Waals surface area contributed by atoms with E-state index in [1.54, 1.807) is 4.90 Å². The number of rotatable bonds is 3. The van der Waals surface area contributed by atoms with Crippen molar-refractivity contribution in [2.24, 2.45) is 0 Å². The molecule has 1 amide bonds. The van der Waals surface area contributed by atoms with Gasteiger partial charge in [-0.15, -0.1) is 0 Å². The number of carbonyl (C=O) groups is 1. The highest BCUT2D eigenvalue weighted by molar-refractivity contribution is 5.79. The quantitative estimate of drug-likeness (QED) is 0.927. The summed E-state index contributed by atoms with van der Waals surface area (Å²) in [6, 6.07) is 16.6. The summed E-state index contributed by atoms with van der Waals surface area (Å²) in [5, 5.41) is 10.3. The van der Waals surface area contributed by atoms with Crippen LogP contribution in [0.25, 0.3) is 11.1 Å². The molecule has 4 nitrogen and oxygen atoms in total. The number of amides is 1. The first-order valence-electron chi connectivity index (χ1n) is 8.93. The van der Waals surface area contributed by atoms with Crippen LogP contribution in [0.15, 0.2) is 48.5 Å². The molecule has 0 radical (unpaired) electrons. The van der Waals surface area contributed by atoms with Gasteiger partial charge in [0.1, 0.15) is 6.61 Å². The zero-order chi connectivity index (χ0) is 17.4. The number of hydrogen-bond donors (Lipinski definition) is 1. The predicted molar refractivity (Wildman–Crippen MR) is 96.5 cm³/mol. The summed E-state index contributed by atoms with van der Waals surface area (Å²) in [5.41, 5.74) is 4.11.